The lowest BCUT2D eigenvalue weighted by atomic mass is 9.78. The van der Waals surface area contributed by atoms with Crippen LogP contribution in [-0.2, 0) is 17.5 Å². The van der Waals surface area contributed by atoms with Crippen molar-refractivity contribution in [1.29, 1.82) is 0 Å². The fourth-order valence-electron chi connectivity index (χ4n) is 3.17. The number of carbonyl (C=O) groups excluding carboxylic acids is 2. The van der Waals surface area contributed by atoms with Gasteiger partial charge in [-0.05, 0) is 60.6 Å². The molecular formula is C21H23BF4N3O4. The van der Waals surface area contributed by atoms with Crippen molar-refractivity contribution in [2.45, 2.75) is 38.0 Å². The lowest BCUT2D eigenvalue weighted by Gasteiger charge is -2.25. The SMILES string of the molecule is NC(=O)[C@@H](N)CCCCN(Cc1ccc(B(O)O)cc1C(F)(F)F)C(=O)c1c[c]cc(F)c1. The summed E-state index contributed by atoms with van der Waals surface area (Å²) in [6.45, 7) is -0.490. The van der Waals surface area contributed by atoms with E-state index in [0.29, 0.717) is 18.9 Å². The van der Waals surface area contributed by atoms with Crippen molar-refractivity contribution in [3.8, 4) is 0 Å². The molecule has 0 unspecified atom stereocenters. The maximum atomic E-state index is 13.6. The van der Waals surface area contributed by atoms with Crippen molar-refractivity contribution >= 4 is 24.4 Å². The molecule has 12 heteroatoms. The normalized spacial score (nSPS) is 12.3. The summed E-state index contributed by atoms with van der Waals surface area (Å²) in [6.07, 6.45) is -3.94. The molecule has 0 aromatic heterocycles. The van der Waals surface area contributed by atoms with Crippen LogP contribution < -0.4 is 16.9 Å². The fraction of sp³-hybridized carbons (Fsp3) is 0.333. The molecule has 0 saturated carbocycles. The zero-order valence-electron chi connectivity index (χ0n) is 17.5. The van der Waals surface area contributed by atoms with E-state index in [-0.39, 0.29) is 29.6 Å². The number of unbranched alkanes of at least 4 members (excludes halogenated alkanes) is 1. The smallest absolute Gasteiger partial charge is 0.423 e. The Bertz CT molecular complexity index is 988. The van der Waals surface area contributed by atoms with Crippen LogP contribution in [-0.4, -0.2) is 46.5 Å². The highest BCUT2D eigenvalue weighted by atomic mass is 19.4. The average Bonchev–Trinajstić information content (AvgIpc) is 2.74. The van der Waals surface area contributed by atoms with Gasteiger partial charge in [0.25, 0.3) is 5.91 Å². The largest absolute Gasteiger partial charge is 0.488 e. The van der Waals surface area contributed by atoms with Crippen molar-refractivity contribution in [2.75, 3.05) is 6.54 Å². The number of hydrogen-bond acceptors (Lipinski definition) is 5. The summed E-state index contributed by atoms with van der Waals surface area (Å²) in [5.41, 5.74) is 8.79. The van der Waals surface area contributed by atoms with Gasteiger partial charge < -0.3 is 26.4 Å². The Kier molecular flexibility index (Phi) is 8.97. The lowest BCUT2D eigenvalue weighted by Crippen LogP contribution is -2.37. The lowest BCUT2D eigenvalue weighted by molar-refractivity contribution is -0.138. The first-order chi connectivity index (χ1) is 15.4. The summed E-state index contributed by atoms with van der Waals surface area (Å²) in [6, 6.07) is 7.51. The van der Waals surface area contributed by atoms with Gasteiger partial charge in [0.1, 0.15) is 5.82 Å². The van der Waals surface area contributed by atoms with Gasteiger partial charge in [0.15, 0.2) is 0 Å². The number of amides is 2. The van der Waals surface area contributed by atoms with E-state index in [1.165, 1.54) is 6.07 Å². The fourth-order valence-corrected chi connectivity index (χ4v) is 3.17. The van der Waals surface area contributed by atoms with E-state index in [2.05, 4.69) is 6.07 Å². The van der Waals surface area contributed by atoms with Crippen molar-refractivity contribution < 1.29 is 37.2 Å². The number of rotatable bonds is 10. The molecule has 2 aromatic carbocycles. The van der Waals surface area contributed by atoms with Gasteiger partial charge in [0, 0.05) is 18.7 Å². The molecule has 0 saturated heterocycles. The van der Waals surface area contributed by atoms with Crippen molar-refractivity contribution in [2.24, 2.45) is 11.5 Å². The minimum atomic E-state index is -4.82. The second-order valence-corrected chi connectivity index (χ2v) is 7.46. The molecule has 0 aliphatic rings. The summed E-state index contributed by atoms with van der Waals surface area (Å²) < 4.78 is 54.4. The molecular weight excluding hydrogens is 445 g/mol. The summed E-state index contributed by atoms with van der Waals surface area (Å²) in [4.78, 5) is 25.1. The van der Waals surface area contributed by atoms with E-state index in [0.717, 1.165) is 29.2 Å². The highest BCUT2D eigenvalue weighted by molar-refractivity contribution is 6.58. The Labute approximate surface area is 188 Å². The predicted octanol–water partition coefficient (Wildman–Crippen LogP) is 0.950. The molecule has 0 fully saturated rings. The predicted molar refractivity (Wildman–Crippen MR) is 112 cm³/mol. The zero-order valence-corrected chi connectivity index (χ0v) is 17.5. The molecule has 7 nitrogen and oxygen atoms in total. The van der Waals surface area contributed by atoms with Crippen LogP contribution in [0.5, 0.6) is 0 Å². The summed E-state index contributed by atoms with van der Waals surface area (Å²) in [5.74, 6) is -2.14. The number of alkyl halides is 3. The topological polar surface area (TPSA) is 130 Å². The number of hydrogen-bond donors (Lipinski definition) is 4. The zero-order chi connectivity index (χ0) is 24.8. The van der Waals surface area contributed by atoms with Gasteiger partial charge in [-0.15, -0.1) is 0 Å². The summed E-state index contributed by atoms with van der Waals surface area (Å²) in [7, 11) is -2.10. The third-order valence-corrected chi connectivity index (χ3v) is 4.94. The van der Waals surface area contributed by atoms with E-state index < -0.39 is 49.1 Å². The van der Waals surface area contributed by atoms with Crippen LogP contribution >= 0.6 is 0 Å². The number of halogens is 4. The first-order valence-electron chi connectivity index (χ1n) is 9.97. The maximum Gasteiger partial charge on any atom is 0.488 e. The van der Waals surface area contributed by atoms with Gasteiger partial charge in [-0.25, -0.2) is 4.39 Å². The Morgan fingerprint density at radius 2 is 1.85 bits per heavy atom. The van der Waals surface area contributed by atoms with E-state index in [1.54, 1.807) is 0 Å². The van der Waals surface area contributed by atoms with Crippen LogP contribution in [0.25, 0.3) is 0 Å². The van der Waals surface area contributed by atoms with Crippen LogP contribution in [0.4, 0.5) is 17.6 Å². The van der Waals surface area contributed by atoms with Gasteiger partial charge >= 0.3 is 13.3 Å². The van der Waals surface area contributed by atoms with Gasteiger partial charge in [-0.1, -0.05) is 12.1 Å². The summed E-state index contributed by atoms with van der Waals surface area (Å²) in [5, 5.41) is 18.4. The number of benzene rings is 2. The van der Waals surface area contributed by atoms with Crippen LogP contribution in [0.15, 0.2) is 36.4 Å². The molecule has 1 atom stereocenters. The third kappa shape index (κ3) is 7.55. The van der Waals surface area contributed by atoms with Gasteiger partial charge in [0.2, 0.25) is 5.91 Å². The molecule has 2 rings (SSSR count). The Hall–Kier alpha value is -2.96. The minimum Gasteiger partial charge on any atom is -0.423 e. The molecule has 2 aromatic rings. The quantitative estimate of drug-likeness (QED) is 0.235. The van der Waals surface area contributed by atoms with Gasteiger partial charge in [0.05, 0.1) is 11.6 Å². The number of primary amides is 1. The second kappa shape index (κ2) is 11.3. The molecule has 0 heterocycles. The molecule has 2 amide bonds. The Balaban J connectivity index is 2.31. The molecule has 6 N–H and O–H groups in total. The number of carbonyl (C=O) groups is 2. The molecule has 0 spiro atoms. The van der Waals surface area contributed by atoms with Gasteiger partial charge in [-0.3, -0.25) is 9.59 Å². The maximum absolute atomic E-state index is 13.6. The second-order valence-electron chi connectivity index (χ2n) is 7.46. The number of nitrogens with zero attached hydrogens (tertiary/aromatic N) is 1. The number of nitrogens with two attached hydrogens (primary N) is 2. The highest BCUT2D eigenvalue weighted by Crippen LogP contribution is 2.32. The summed E-state index contributed by atoms with van der Waals surface area (Å²) >= 11 is 0. The molecule has 0 aliphatic carbocycles. The van der Waals surface area contributed by atoms with Crippen molar-refractivity contribution in [3.63, 3.8) is 0 Å². The van der Waals surface area contributed by atoms with Crippen molar-refractivity contribution in [1.82, 2.24) is 4.90 Å². The molecule has 177 valence electrons. The standard InChI is InChI=1S/C21H23BF4N3O4/c23-16-5-3-4-13(10-16)20(31)29(9-2-1-6-18(27)19(28)30)12-14-7-8-15(22(32)33)11-17(14)21(24,25)26/h4-5,7-8,10-11,18,32-33H,1-2,6,9,12,27H2,(H2,28,30)/t18-/m0/s1. The van der Waals surface area contributed by atoms with E-state index in [9.17, 15) is 37.2 Å². The first-order valence-corrected chi connectivity index (χ1v) is 9.97. The van der Waals surface area contributed by atoms with Crippen LogP contribution in [0.3, 0.4) is 0 Å². The van der Waals surface area contributed by atoms with Crippen molar-refractivity contribution in [3.05, 3.63) is 65.0 Å². The molecule has 0 aliphatic heterocycles. The Morgan fingerprint density at radius 3 is 2.42 bits per heavy atom. The average molecular weight is 468 g/mol. The van der Waals surface area contributed by atoms with E-state index in [4.69, 9.17) is 11.5 Å². The molecule has 1 radical (unpaired) electrons. The third-order valence-electron chi connectivity index (χ3n) is 4.94. The first kappa shape index (κ1) is 26.3. The van der Waals surface area contributed by atoms with Crippen LogP contribution in [0, 0.1) is 11.9 Å². The molecule has 33 heavy (non-hydrogen) atoms. The molecule has 0 bridgehead atoms. The highest BCUT2D eigenvalue weighted by Gasteiger charge is 2.35. The van der Waals surface area contributed by atoms with Crippen LogP contribution in [0.1, 0.15) is 40.7 Å². The monoisotopic (exact) mass is 468 g/mol. The van der Waals surface area contributed by atoms with E-state index in [1.807, 2.05) is 0 Å². The van der Waals surface area contributed by atoms with Gasteiger partial charge in [-0.2, -0.15) is 13.2 Å². The van der Waals surface area contributed by atoms with E-state index >= 15 is 0 Å². The minimum absolute atomic E-state index is 0.0114. The Morgan fingerprint density at radius 1 is 1.15 bits per heavy atom. The van der Waals surface area contributed by atoms with Crippen LogP contribution in [0.2, 0.25) is 0 Å².